The third-order valence-corrected chi connectivity index (χ3v) is 3.57. The van der Waals surface area contributed by atoms with E-state index in [4.69, 9.17) is 15.6 Å². The molecule has 1 aromatic carbocycles. The Morgan fingerprint density at radius 2 is 2.17 bits per heavy atom. The molecule has 3 N–H and O–H groups in total. The molecule has 98 valence electrons. The Morgan fingerprint density at radius 3 is 2.83 bits per heavy atom. The standard InChI is InChI=1S/C14H19NO3/c1-18-13-7-5-10(9-3-2-4-11(9)13)12(15)6-8-14(16)17/h5,7,12H,2-4,6,8,15H2,1H3,(H,16,17). The minimum absolute atomic E-state index is 0.113. The van der Waals surface area contributed by atoms with Crippen LogP contribution in [0.15, 0.2) is 12.1 Å². The summed E-state index contributed by atoms with van der Waals surface area (Å²) in [5, 5.41) is 8.71. The molecule has 0 saturated carbocycles. The van der Waals surface area contributed by atoms with Gasteiger partial charge in [-0.15, -0.1) is 0 Å². The lowest BCUT2D eigenvalue weighted by atomic mass is 9.94. The van der Waals surface area contributed by atoms with Crippen LogP contribution >= 0.6 is 0 Å². The largest absolute Gasteiger partial charge is 0.496 e. The number of methoxy groups -OCH3 is 1. The molecule has 0 saturated heterocycles. The first kappa shape index (κ1) is 12.9. The lowest BCUT2D eigenvalue weighted by Crippen LogP contribution is -2.14. The number of carboxylic acids is 1. The zero-order chi connectivity index (χ0) is 13.1. The highest BCUT2D eigenvalue weighted by molar-refractivity contribution is 5.66. The highest BCUT2D eigenvalue weighted by Gasteiger charge is 2.22. The van der Waals surface area contributed by atoms with E-state index in [1.807, 2.05) is 12.1 Å². The Hall–Kier alpha value is -1.55. The predicted molar refractivity (Wildman–Crippen MR) is 68.8 cm³/mol. The second-order valence-corrected chi connectivity index (χ2v) is 4.71. The Kier molecular flexibility index (Phi) is 3.87. The summed E-state index contributed by atoms with van der Waals surface area (Å²) in [4.78, 5) is 10.6. The van der Waals surface area contributed by atoms with Gasteiger partial charge in [0, 0.05) is 12.5 Å². The zero-order valence-electron chi connectivity index (χ0n) is 10.6. The van der Waals surface area contributed by atoms with Gasteiger partial charge in [0.25, 0.3) is 0 Å². The second kappa shape index (κ2) is 5.40. The van der Waals surface area contributed by atoms with E-state index < -0.39 is 5.97 Å². The summed E-state index contributed by atoms with van der Waals surface area (Å²) in [6.45, 7) is 0. The molecule has 0 fully saturated rings. The number of aliphatic carboxylic acids is 1. The van der Waals surface area contributed by atoms with Gasteiger partial charge in [0.2, 0.25) is 0 Å². The molecule has 1 unspecified atom stereocenters. The summed E-state index contributed by atoms with van der Waals surface area (Å²) in [7, 11) is 1.68. The van der Waals surface area contributed by atoms with Crippen molar-refractivity contribution < 1.29 is 14.6 Å². The number of ether oxygens (including phenoxy) is 1. The number of carbonyl (C=O) groups is 1. The number of benzene rings is 1. The van der Waals surface area contributed by atoms with Crippen LogP contribution in [-0.4, -0.2) is 18.2 Å². The van der Waals surface area contributed by atoms with Crippen LogP contribution in [0.1, 0.15) is 42.0 Å². The van der Waals surface area contributed by atoms with Crippen LogP contribution < -0.4 is 10.5 Å². The quantitative estimate of drug-likeness (QED) is 0.837. The first-order chi connectivity index (χ1) is 8.63. The second-order valence-electron chi connectivity index (χ2n) is 4.71. The molecule has 4 nitrogen and oxygen atoms in total. The van der Waals surface area contributed by atoms with Crippen LogP contribution in [0.2, 0.25) is 0 Å². The summed E-state index contributed by atoms with van der Waals surface area (Å²) in [5.41, 5.74) is 9.71. The monoisotopic (exact) mass is 249 g/mol. The van der Waals surface area contributed by atoms with E-state index in [1.165, 1.54) is 11.1 Å². The smallest absolute Gasteiger partial charge is 0.303 e. The Bertz CT molecular complexity index is 457. The first-order valence-corrected chi connectivity index (χ1v) is 6.29. The summed E-state index contributed by atoms with van der Waals surface area (Å²) in [6.07, 6.45) is 3.76. The molecular formula is C14H19NO3. The van der Waals surface area contributed by atoms with Gasteiger partial charge in [-0.25, -0.2) is 0 Å². The van der Waals surface area contributed by atoms with Crippen LogP contribution in [0.25, 0.3) is 0 Å². The topological polar surface area (TPSA) is 72.5 Å². The SMILES string of the molecule is COc1ccc(C(N)CCC(=O)O)c2c1CCC2. The van der Waals surface area contributed by atoms with Gasteiger partial charge in [-0.2, -0.15) is 0 Å². The van der Waals surface area contributed by atoms with Gasteiger partial charge in [0.15, 0.2) is 0 Å². The summed E-state index contributed by atoms with van der Waals surface area (Å²) in [6, 6.07) is 3.73. The minimum Gasteiger partial charge on any atom is -0.496 e. The van der Waals surface area contributed by atoms with Crippen LogP contribution in [0.4, 0.5) is 0 Å². The van der Waals surface area contributed by atoms with Gasteiger partial charge < -0.3 is 15.6 Å². The fraction of sp³-hybridized carbons (Fsp3) is 0.500. The van der Waals surface area contributed by atoms with E-state index in [9.17, 15) is 4.79 Å². The van der Waals surface area contributed by atoms with E-state index in [0.29, 0.717) is 6.42 Å². The molecular weight excluding hydrogens is 230 g/mol. The number of carboxylic acid groups (broad SMARTS) is 1. The van der Waals surface area contributed by atoms with Crippen molar-refractivity contribution in [3.8, 4) is 5.75 Å². The molecule has 1 atom stereocenters. The molecule has 18 heavy (non-hydrogen) atoms. The highest BCUT2D eigenvalue weighted by atomic mass is 16.5. The predicted octanol–water partition coefficient (Wildman–Crippen LogP) is 2.05. The molecule has 0 bridgehead atoms. The maximum Gasteiger partial charge on any atom is 0.303 e. The van der Waals surface area contributed by atoms with Gasteiger partial charge in [-0.3, -0.25) is 4.79 Å². The molecule has 1 aromatic rings. The fourth-order valence-corrected chi connectivity index (χ4v) is 2.67. The number of fused-ring (bicyclic) bond motifs is 1. The first-order valence-electron chi connectivity index (χ1n) is 6.29. The van der Waals surface area contributed by atoms with Crippen LogP contribution in [0.5, 0.6) is 5.75 Å². The van der Waals surface area contributed by atoms with E-state index in [0.717, 1.165) is 30.6 Å². The Balaban J connectivity index is 2.24. The maximum atomic E-state index is 10.6. The average Bonchev–Trinajstić information content (AvgIpc) is 2.83. The van der Waals surface area contributed by atoms with Crippen molar-refractivity contribution in [2.45, 2.75) is 38.1 Å². The molecule has 0 heterocycles. The normalized spacial score (nSPS) is 15.2. The fourth-order valence-electron chi connectivity index (χ4n) is 2.67. The highest BCUT2D eigenvalue weighted by Crippen LogP contribution is 2.35. The van der Waals surface area contributed by atoms with Crippen molar-refractivity contribution in [3.63, 3.8) is 0 Å². The number of nitrogens with two attached hydrogens (primary N) is 1. The van der Waals surface area contributed by atoms with E-state index >= 15 is 0 Å². The molecule has 2 rings (SSSR count). The average molecular weight is 249 g/mol. The van der Waals surface area contributed by atoms with E-state index in [1.54, 1.807) is 7.11 Å². The number of hydrogen-bond donors (Lipinski definition) is 2. The van der Waals surface area contributed by atoms with Crippen LogP contribution in [0, 0.1) is 0 Å². The van der Waals surface area contributed by atoms with E-state index in [2.05, 4.69) is 0 Å². The lowest BCUT2D eigenvalue weighted by molar-refractivity contribution is -0.137. The Morgan fingerprint density at radius 1 is 1.44 bits per heavy atom. The van der Waals surface area contributed by atoms with Gasteiger partial charge in [-0.1, -0.05) is 6.07 Å². The summed E-state index contributed by atoms with van der Waals surface area (Å²) in [5.74, 6) is 0.132. The van der Waals surface area contributed by atoms with Crippen molar-refractivity contribution in [2.75, 3.05) is 7.11 Å². The third-order valence-electron chi connectivity index (χ3n) is 3.57. The van der Waals surface area contributed by atoms with Gasteiger partial charge >= 0.3 is 5.97 Å². The lowest BCUT2D eigenvalue weighted by Gasteiger charge is -2.17. The molecule has 0 aliphatic heterocycles. The van der Waals surface area contributed by atoms with Gasteiger partial charge in [0.1, 0.15) is 5.75 Å². The van der Waals surface area contributed by atoms with Crippen molar-refractivity contribution >= 4 is 5.97 Å². The van der Waals surface area contributed by atoms with Crippen LogP contribution in [0.3, 0.4) is 0 Å². The van der Waals surface area contributed by atoms with Crippen LogP contribution in [-0.2, 0) is 17.6 Å². The molecule has 1 aliphatic carbocycles. The Labute approximate surface area is 107 Å². The van der Waals surface area contributed by atoms with Crippen molar-refractivity contribution in [3.05, 3.63) is 28.8 Å². The third kappa shape index (κ3) is 2.48. The minimum atomic E-state index is -0.796. The zero-order valence-corrected chi connectivity index (χ0v) is 10.6. The molecule has 0 amide bonds. The van der Waals surface area contributed by atoms with Crippen molar-refractivity contribution in [2.24, 2.45) is 5.73 Å². The maximum absolute atomic E-state index is 10.6. The van der Waals surface area contributed by atoms with Gasteiger partial charge in [0.05, 0.1) is 7.11 Å². The molecule has 0 radical (unpaired) electrons. The summed E-state index contributed by atoms with van der Waals surface area (Å²) >= 11 is 0. The van der Waals surface area contributed by atoms with E-state index in [-0.39, 0.29) is 12.5 Å². The molecule has 1 aliphatic rings. The van der Waals surface area contributed by atoms with Gasteiger partial charge in [-0.05, 0) is 48.4 Å². The van der Waals surface area contributed by atoms with Crippen molar-refractivity contribution in [1.29, 1.82) is 0 Å². The number of rotatable bonds is 5. The molecule has 0 spiro atoms. The molecule has 0 aromatic heterocycles. The number of hydrogen-bond acceptors (Lipinski definition) is 3. The van der Waals surface area contributed by atoms with Crippen molar-refractivity contribution in [1.82, 2.24) is 0 Å². The summed E-state index contributed by atoms with van der Waals surface area (Å²) < 4.78 is 5.36. The molecule has 4 heteroatoms.